The number of halogens is 2. The van der Waals surface area contributed by atoms with Crippen LogP contribution in [-0.4, -0.2) is 0 Å². The van der Waals surface area contributed by atoms with Crippen molar-refractivity contribution in [2.75, 3.05) is 0 Å². The van der Waals surface area contributed by atoms with Crippen molar-refractivity contribution in [2.45, 2.75) is 59.8 Å². The van der Waals surface area contributed by atoms with Gasteiger partial charge in [-0.3, -0.25) is 0 Å². The molecule has 0 saturated heterocycles. The number of aryl methyl sites for hydroxylation is 1. The van der Waals surface area contributed by atoms with Gasteiger partial charge in [-0.25, -0.2) is 8.78 Å². The van der Waals surface area contributed by atoms with Crippen LogP contribution in [0.3, 0.4) is 0 Å². The quantitative estimate of drug-likeness (QED) is 0.526. The van der Waals surface area contributed by atoms with Gasteiger partial charge >= 0.3 is 0 Å². The molecule has 0 nitrogen and oxygen atoms in total. The van der Waals surface area contributed by atoms with Crippen molar-refractivity contribution in [1.29, 1.82) is 0 Å². The Morgan fingerprint density at radius 1 is 1.15 bits per heavy atom. The Kier molecular flexibility index (Phi) is 5.50. The van der Waals surface area contributed by atoms with Crippen LogP contribution < -0.4 is 0 Å². The van der Waals surface area contributed by atoms with E-state index in [-0.39, 0.29) is 5.41 Å². The summed E-state index contributed by atoms with van der Waals surface area (Å²) >= 11 is 0. The molecule has 0 spiro atoms. The second-order valence-electron chi connectivity index (χ2n) is 8.18. The van der Waals surface area contributed by atoms with Gasteiger partial charge in [-0.2, -0.15) is 0 Å². The van der Waals surface area contributed by atoms with Crippen LogP contribution in [0.2, 0.25) is 0 Å². The number of fused-ring (bicyclic) bond motifs is 3. The van der Waals surface area contributed by atoms with E-state index in [1.807, 2.05) is 13.0 Å². The molecule has 0 aromatic heterocycles. The molecule has 1 aromatic carbocycles. The Bertz CT molecular complexity index is 763. The van der Waals surface area contributed by atoms with Crippen molar-refractivity contribution >= 4 is 5.57 Å². The molecule has 0 aliphatic heterocycles. The number of rotatable bonds is 2. The van der Waals surface area contributed by atoms with Crippen molar-refractivity contribution in [2.24, 2.45) is 17.3 Å². The highest BCUT2D eigenvalue weighted by Crippen LogP contribution is 2.48. The lowest BCUT2D eigenvalue weighted by Crippen LogP contribution is -2.31. The summed E-state index contributed by atoms with van der Waals surface area (Å²) in [5, 5.41) is 0. The minimum atomic E-state index is -0.725. The summed E-state index contributed by atoms with van der Waals surface area (Å²) in [5.41, 5.74) is 3.52. The Morgan fingerprint density at radius 2 is 1.88 bits per heavy atom. The first kappa shape index (κ1) is 19.1. The summed E-state index contributed by atoms with van der Waals surface area (Å²) in [5.74, 6) is -0.666. The lowest BCUT2D eigenvalue weighted by molar-refractivity contribution is 0.135. The zero-order chi connectivity index (χ0) is 18.9. The molecule has 0 radical (unpaired) electrons. The lowest BCUT2D eigenvalue weighted by atomic mass is 9.64. The molecule has 1 aromatic rings. The van der Waals surface area contributed by atoms with Crippen LogP contribution in [0.5, 0.6) is 0 Å². The van der Waals surface area contributed by atoms with Crippen molar-refractivity contribution in [3.05, 3.63) is 64.8 Å². The maximum absolute atomic E-state index is 14.8. The van der Waals surface area contributed by atoms with E-state index in [9.17, 15) is 8.78 Å². The molecule has 3 rings (SSSR count). The van der Waals surface area contributed by atoms with E-state index in [4.69, 9.17) is 0 Å². The Hall–Kier alpha value is -1.70. The van der Waals surface area contributed by atoms with E-state index in [2.05, 4.69) is 45.1 Å². The highest BCUT2D eigenvalue weighted by atomic mass is 19.2. The zero-order valence-electron chi connectivity index (χ0n) is 16.4. The summed E-state index contributed by atoms with van der Waals surface area (Å²) in [6, 6.07) is 1.35. The molecule has 2 aliphatic rings. The van der Waals surface area contributed by atoms with Crippen LogP contribution >= 0.6 is 0 Å². The van der Waals surface area contributed by atoms with Crippen LogP contribution in [0, 0.1) is 35.8 Å². The van der Waals surface area contributed by atoms with Crippen molar-refractivity contribution < 1.29 is 8.78 Å². The van der Waals surface area contributed by atoms with Gasteiger partial charge in [0.05, 0.1) is 0 Å². The standard InChI is InChI=1S/C24H30F2/c1-5-24(6-2)15-16(3)12-20-22(17(4)13-21(25)23(20)26)18-10-8-7-9-11-19(24)14-18/h7-10,13-14,16,19H,5-6,11-12,15H2,1-4H3. The van der Waals surface area contributed by atoms with Gasteiger partial charge in [0.25, 0.3) is 0 Å². The number of hydrogen-bond acceptors (Lipinski definition) is 0. The minimum absolute atomic E-state index is 0.200. The normalized spacial score (nSPS) is 24.6. The first-order chi connectivity index (χ1) is 12.4. The average Bonchev–Trinajstić information content (AvgIpc) is 2.63. The highest BCUT2D eigenvalue weighted by molar-refractivity contribution is 5.79. The van der Waals surface area contributed by atoms with Gasteiger partial charge in [0.1, 0.15) is 0 Å². The minimum Gasteiger partial charge on any atom is -0.204 e. The Morgan fingerprint density at radius 3 is 2.58 bits per heavy atom. The zero-order valence-corrected chi connectivity index (χ0v) is 16.4. The molecule has 2 aliphatic carbocycles. The second kappa shape index (κ2) is 7.50. The monoisotopic (exact) mass is 356 g/mol. The van der Waals surface area contributed by atoms with E-state index >= 15 is 0 Å². The third-order valence-corrected chi connectivity index (χ3v) is 6.60. The Labute approximate surface area is 156 Å². The molecule has 26 heavy (non-hydrogen) atoms. The molecular formula is C24H30F2. The highest BCUT2D eigenvalue weighted by Gasteiger charge is 2.37. The van der Waals surface area contributed by atoms with E-state index in [0.717, 1.165) is 42.4 Å². The van der Waals surface area contributed by atoms with Gasteiger partial charge in [-0.05, 0) is 84.6 Å². The average molecular weight is 357 g/mol. The maximum Gasteiger partial charge on any atom is 0.162 e. The summed E-state index contributed by atoms with van der Waals surface area (Å²) in [4.78, 5) is 0. The third-order valence-electron chi connectivity index (χ3n) is 6.60. The SMILES string of the molecule is CCC1(CC)CC(C)Cc2c(F)c(F)cc(C)c2C2=CC1CC=CC=C2. The van der Waals surface area contributed by atoms with Gasteiger partial charge in [0.15, 0.2) is 11.6 Å². The van der Waals surface area contributed by atoms with Gasteiger partial charge in [0, 0.05) is 0 Å². The largest absolute Gasteiger partial charge is 0.204 e. The van der Waals surface area contributed by atoms with Gasteiger partial charge in [-0.1, -0.05) is 51.2 Å². The van der Waals surface area contributed by atoms with Crippen molar-refractivity contribution in [3.63, 3.8) is 0 Å². The molecule has 2 atom stereocenters. The van der Waals surface area contributed by atoms with Crippen LogP contribution in [-0.2, 0) is 6.42 Å². The predicted octanol–water partition coefficient (Wildman–Crippen LogP) is 7.18. The smallest absolute Gasteiger partial charge is 0.162 e. The molecule has 2 unspecified atom stereocenters. The van der Waals surface area contributed by atoms with Gasteiger partial charge in [0.2, 0.25) is 0 Å². The van der Waals surface area contributed by atoms with Crippen molar-refractivity contribution in [1.82, 2.24) is 0 Å². The van der Waals surface area contributed by atoms with E-state index in [1.54, 1.807) is 0 Å². The number of benzene rings is 1. The van der Waals surface area contributed by atoms with Gasteiger partial charge in [-0.15, -0.1) is 0 Å². The molecule has 0 N–H and O–H groups in total. The lowest BCUT2D eigenvalue weighted by Gasteiger charge is -2.40. The predicted molar refractivity (Wildman–Crippen MR) is 106 cm³/mol. The molecule has 2 heteroatoms. The maximum atomic E-state index is 14.8. The second-order valence-corrected chi connectivity index (χ2v) is 8.18. The number of hydrogen-bond donors (Lipinski definition) is 0. The fraction of sp³-hybridized carbons (Fsp3) is 0.500. The molecule has 0 amide bonds. The fourth-order valence-corrected chi connectivity index (χ4v) is 5.14. The summed E-state index contributed by atoms with van der Waals surface area (Å²) in [6.07, 6.45) is 15.6. The van der Waals surface area contributed by atoms with E-state index in [1.165, 1.54) is 6.07 Å². The molecule has 2 bridgehead atoms. The molecular weight excluding hydrogens is 326 g/mol. The van der Waals surface area contributed by atoms with Gasteiger partial charge < -0.3 is 0 Å². The fourth-order valence-electron chi connectivity index (χ4n) is 5.14. The summed E-state index contributed by atoms with van der Waals surface area (Å²) < 4.78 is 29.0. The van der Waals surface area contributed by atoms with Crippen molar-refractivity contribution in [3.8, 4) is 0 Å². The third kappa shape index (κ3) is 3.31. The van der Waals surface area contributed by atoms with Crippen LogP contribution in [0.1, 0.15) is 63.1 Å². The first-order valence-electron chi connectivity index (χ1n) is 9.94. The molecule has 0 fully saturated rings. The van der Waals surface area contributed by atoms with Crippen LogP contribution in [0.25, 0.3) is 5.57 Å². The summed E-state index contributed by atoms with van der Waals surface area (Å²) in [6.45, 7) is 8.64. The molecule has 140 valence electrons. The van der Waals surface area contributed by atoms with E-state index in [0.29, 0.717) is 23.8 Å². The summed E-state index contributed by atoms with van der Waals surface area (Å²) in [7, 11) is 0. The topological polar surface area (TPSA) is 0 Å². The first-order valence-corrected chi connectivity index (χ1v) is 9.94. The van der Waals surface area contributed by atoms with Crippen LogP contribution in [0.4, 0.5) is 8.78 Å². The molecule has 0 heterocycles. The molecule has 0 saturated carbocycles. The van der Waals surface area contributed by atoms with E-state index < -0.39 is 11.6 Å². The van der Waals surface area contributed by atoms with Crippen LogP contribution in [0.15, 0.2) is 36.4 Å². The number of allylic oxidation sites excluding steroid dienone is 6. The Balaban J connectivity index is 2.29.